The molecule has 2 aromatic rings. The van der Waals surface area contributed by atoms with Crippen LogP contribution in [0.1, 0.15) is 10.4 Å². The van der Waals surface area contributed by atoms with Gasteiger partial charge in [-0.1, -0.05) is 46.4 Å². The van der Waals surface area contributed by atoms with Crippen molar-refractivity contribution in [2.24, 2.45) is 0 Å². The SMILES string of the molecule is O=Cc1cc(Cl)nc(-c2cc(Cl)cc(Cl)c2Cl)c1. The van der Waals surface area contributed by atoms with Gasteiger partial charge in [-0.05, 0) is 24.3 Å². The van der Waals surface area contributed by atoms with E-state index < -0.39 is 0 Å². The summed E-state index contributed by atoms with van der Waals surface area (Å²) in [5.74, 6) is 0. The molecule has 2 rings (SSSR count). The number of rotatable bonds is 2. The Labute approximate surface area is 123 Å². The van der Waals surface area contributed by atoms with E-state index in [4.69, 9.17) is 46.4 Å². The normalized spacial score (nSPS) is 10.4. The molecule has 0 spiro atoms. The van der Waals surface area contributed by atoms with Crippen molar-refractivity contribution in [3.05, 3.63) is 50.0 Å². The summed E-state index contributed by atoms with van der Waals surface area (Å²) < 4.78 is 0. The number of halogens is 4. The van der Waals surface area contributed by atoms with Crippen LogP contribution in [-0.2, 0) is 0 Å². The zero-order valence-electron chi connectivity index (χ0n) is 8.75. The van der Waals surface area contributed by atoms with Crippen molar-refractivity contribution in [1.29, 1.82) is 0 Å². The van der Waals surface area contributed by atoms with Gasteiger partial charge in [-0.3, -0.25) is 4.79 Å². The fourth-order valence-corrected chi connectivity index (χ4v) is 2.38. The van der Waals surface area contributed by atoms with E-state index in [2.05, 4.69) is 4.98 Å². The highest BCUT2D eigenvalue weighted by molar-refractivity contribution is 6.45. The predicted octanol–water partition coefficient (Wildman–Crippen LogP) is 5.17. The quantitative estimate of drug-likeness (QED) is 0.434. The van der Waals surface area contributed by atoms with Crippen LogP contribution >= 0.6 is 46.4 Å². The van der Waals surface area contributed by atoms with Gasteiger partial charge >= 0.3 is 0 Å². The lowest BCUT2D eigenvalue weighted by Crippen LogP contribution is -1.90. The van der Waals surface area contributed by atoms with Gasteiger partial charge in [0.1, 0.15) is 11.4 Å². The summed E-state index contributed by atoms with van der Waals surface area (Å²) in [6.45, 7) is 0. The Balaban J connectivity index is 2.68. The van der Waals surface area contributed by atoms with E-state index in [-0.39, 0.29) is 5.15 Å². The van der Waals surface area contributed by atoms with Crippen molar-refractivity contribution in [3.8, 4) is 11.3 Å². The van der Waals surface area contributed by atoms with Gasteiger partial charge in [-0.25, -0.2) is 4.98 Å². The Bertz CT molecular complexity index is 628. The average Bonchev–Trinajstić information content (AvgIpc) is 2.32. The number of aldehydes is 1. The first-order chi connectivity index (χ1) is 8.51. The number of carbonyl (C=O) groups is 1. The molecule has 0 bridgehead atoms. The minimum Gasteiger partial charge on any atom is -0.298 e. The lowest BCUT2D eigenvalue weighted by molar-refractivity contribution is 0.112. The molecule has 18 heavy (non-hydrogen) atoms. The number of pyridine rings is 1. The van der Waals surface area contributed by atoms with Crippen molar-refractivity contribution < 1.29 is 4.79 Å². The Hall–Kier alpha value is -0.800. The number of hydrogen-bond donors (Lipinski definition) is 0. The van der Waals surface area contributed by atoms with E-state index in [0.717, 1.165) is 0 Å². The second-order valence-electron chi connectivity index (χ2n) is 3.48. The highest BCUT2D eigenvalue weighted by atomic mass is 35.5. The summed E-state index contributed by atoms with van der Waals surface area (Å²) in [7, 11) is 0. The molecule has 0 fully saturated rings. The summed E-state index contributed by atoms with van der Waals surface area (Å²) >= 11 is 23.8. The summed E-state index contributed by atoms with van der Waals surface area (Å²) in [4.78, 5) is 14.9. The molecular formula is C12H5Cl4NO. The molecule has 92 valence electrons. The van der Waals surface area contributed by atoms with E-state index in [0.29, 0.717) is 38.2 Å². The molecular weight excluding hydrogens is 316 g/mol. The average molecular weight is 321 g/mol. The van der Waals surface area contributed by atoms with Gasteiger partial charge in [0.15, 0.2) is 0 Å². The largest absolute Gasteiger partial charge is 0.298 e. The lowest BCUT2D eigenvalue weighted by Gasteiger charge is -2.07. The number of hydrogen-bond acceptors (Lipinski definition) is 2. The maximum Gasteiger partial charge on any atom is 0.150 e. The topological polar surface area (TPSA) is 30.0 Å². The lowest BCUT2D eigenvalue weighted by atomic mass is 10.1. The first-order valence-electron chi connectivity index (χ1n) is 4.79. The molecule has 0 atom stereocenters. The van der Waals surface area contributed by atoms with Gasteiger partial charge < -0.3 is 0 Å². The Morgan fingerprint density at radius 3 is 2.39 bits per heavy atom. The fourth-order valence-electron chi connectivity index (χ4n) is 1.47. The molecule has 0 saturated heterocycles. The molecule has 0 saturated carbocycles. The standard InChI is InChI=1S/C12H5Cl4NO/c13-7-3-8(12(16)9(14)4-7)10-1-6(5-18)2-11(15)17-10/h1-5H. The van der Waals surface area contributed by atoms with Crippen LogP contribution in [0.15, 0.2) is 24.3 Å². The monoisotopic (exact) mass is 319 g/mol. The molecule has 0 N–H and O–H groups in total. The number of nitrogens with zero attached hydrogens (tertiary/aromatic N) is 1. The smallest absolute Gasteiger partial charge is 0.150 e. The second-order valence-corrected chi connectivity index (χ2v) is 5.08. The fraction of sp³-hybridized carbons (Fsp3) is 0. The van der Waals surface area contributed by atoms with Gasteiger partial charge in [0.05, 0.1) is 15.7 Å². The van der Waals surface area contributed by atoms with Crippen LogP contribution in [0.3, 0.4) is 0 Å². The van der Waals surface area contributed by atoms with Crippen LogP contribution in [0, 0.1) is 0 Å². The molecule has 0 radical (unpaired) electrons. The van der Waals surface area contributed by atoms with Gasteiger partial charge in [-0.15, -0.1) is 0 Å². The van der Waals surface area contributed by atoms with E-state index >= 15 is 0 Å². The summed E-state index contributed by atoms with van der Waals surface area (Å²) in [5, 5.41) is 1.25. The Morgan fingerprint density at radius 1 is 1.00 bits per heavy atom. The van der Waals surface area contributed by atoms with Crippen LogP contribution in [0.5, 0.6) is 0 Å². The third kappa shape index (κ3) is 2.78. The van der Waals surface area contributed by atoms with Crippen molar-refractivity contribution in [2.45, 2.75) is 0 Å². The van der Waals surface area contributed by atoms with Gasteiger partial charge in [0.2, 0.25) is 0 Å². The molecule has 1 aromatic carbocycles. The summed E-state index contributed by atoms with van der Waals surface area (Å²) in [6.07, 6.45) is 0.678. The van der Waals surface area contributed by atoms with E-state index in [1.165, 1.54) is 12.1 Å². The van der Waals surface area contributed by atoms with Crippen LogP contribution in [0.2, 0.25) is 20.2 Å². The third-order valence-corrected chi connectivity index (χ3v) is 3.44. The van der Waals surface area contributed by atoms with E-state index in [1.54, 1.807) is 12.1 Å². The number of aromatic nitrogens is 1. The number of benzene rings is 1. The molecule has 0 unspecified atom stereocenters. The minimum absolute atomic E-state index is 0.196. The zero-order chi connectivity index (χ0) is 13.3. The van der Waals surface area contributed by atoms with Crippen molar-refractivity contribution >= 4 is 52.7 Å². The second kappa shape index (κ2) is 5.45. The predicted molar refractivity (Wildman–Crippen MR) is 75.1 cm³/mol. The van der Waals surface area contributed by atoms with Crippen LogP contribution in [0.4, 0.5) is 0 Å². The molecule has 2 nitrogen and oxygen atoms in total. The van der Waals surface area contributed by atoms with Crippen molar-refractivity contribution in [1.82, 2.24) is 4.98 Å². The first kappa shape index (κ1) is 13.6. The minimum atomic E-state index is 0.196. The van der Waals surface area contributed by atoms with Crippen LogP contribution < -0.4 is 0 Å². The molecule has 0 aliphatic heterocycles. The molecule has 0 amide bonds. The molecule has 6 heteroatoms. The maximum atomic E-state index is 10.8. The van der Waals surface area contributed by atoms with Crippen LogP contribution in [-0.4, -0.2) is 11.3 Å². The van der Waals surface area contributed by atoms with Crippen molar-refractivity contribution in [2.75, 3.05) is 0 Å². The summed E-state index contributed by atoms with van der Waals surface area (Å²) in [6, 6.07) is 6.16. The zero-order valence-corrected chi connectivity index (χ0v) is 11.8. The Kier molecular flexibility index (Phi) is 4.13. The van der Waals surface area contributed by atoms with E-state index in [9.17, 15) is 4.79 Å². The van der Waals surface area contributed by atoms with Gasteiger partial charge in [0.25, 0.3) is 0 Å². The van der Waals surface area contributed by atoms with Crippen LogP contribution in [0.25, 0.3) is 11.3 Å². The molecule has 0 aliphatic rings. The first-order valence-corrected chi connectivity index (χ1v) is 6.30. The van der Waals surface area contributed by atoms with Gasteiger partial charge in [0, 0.05) is 16.1 Å². The van der Waals surface area contributed by atoms with Gasteiger partial charge in [-0.2, -0.15) is 0 Å². The Morgan fingerprint density at radius 2 is 1.72 bits per heavy atom. The van der Waals surface area contributed by atoms with E-state index in [1.807, 2.05) is 0 Å². The van der Waals surface area contributed by atoms with Crippen molar-refractivity contribution in [3.63, 3.8) is 0 Å². The highest BCUT2D eigenvalue weighted by Crippen LogP contribution is 2.36. The number of carbonyl (C=O) groups excluding carboxylic acids is 1. The molecule has 1 heterocycles. The summed E-state index contributed by atoms with van der Waals surface area (Å²) in [5.41, 5.74) is 1.37. The molecule has 0 aliphatic carbocycles. The molecule has 1 aromatic heterocycles. The highest BCUT2D eigenvalue weighted by Gasteiger charge is 2.12. The maximum absolute atomic E-state index is 10.8. The third-order valence-electron chi connectivity index (χ3n) is 2.22.